The number of aliphatic imine (C=N–C) groups is 1. The smallest absolute Gasteiger partial charge is 0.191 e. The third-order valence-electron chi connectivity index (χ3n) is 4.84. The van der Waals surface area contributed by atoms with E-state index in [1.807, 2.05) is 17.8 Å². The van der Waals surface area contributed by atoms with E-state index in [2.05, 4.69) is 29.8 Å². The van der Waals surface area contributed by atoms with Gasteiger partial charge in [-0.25, -0.2) is 4.99 Å². The summed E-state index contributed by atoms with van der Waals surface area (Å²) in [5, 5.41) is 16.3. The van der Waals surface area contributed by atoms with Crippen LogP contribution >= 0.6 is 24.0 Å². The second kappa shape index (κ2) is 11.0. The number of rotatable bonds is 7. The zero-order valence-corrected chi connectivity index (χ0v) is 17.4. The Labute approximate surface area is 163 Å². The van der Waals surface area contributed by atoms with Gasteiger partial charge in [0, 0.05) is 39.1 Å². The molecule has 0 atom stereocenters. The van der Waals surface area contributed by atoms with Crippen LogP contribution < -0.4 is 10.6 Å². The first-order chi connectivity index (χ1) is 11.2. The van der Waals surface area contributed by atoms with Crippen LogP contribution in [0.15, 0.2) is 23.5 Å². The van der Waals surface area contributed by atoms with Crippen molar-refractivity contribution in [2.75, 3.05) is 19.7 Å². The van der Waals surface area contributed by atoms with E-state index in [0.29, 0.717) is 6.54 Å². The van der Waals surface area contributed by atoms with Crippen LogP contribution in [-0.4, -0.2) is 35.3 Å². The van der Waals surface area contributed by atoms with Gasteiger partial charge in [0.1, 0.15) is 0 Å². The van der Waals surface area contributed by atoms with Crippen molar-refractivity contribution in [3.63, 3.8) is 0 Å². The number of aliphatic hydroxyl groups excluding tert-OH is 1. The monoisotopic (exact) mass is 448 g/mol. The molecular weight excluding hydrogens is 415 g/mol. The molecule has 0 radical (unpaired) electrons. The Balaban J connectivity index is 0.00000288. The average molecular weight is 448 g/mol. The van der Waals surface area contributed by atoms with E-state index in [9.17, 15) is 5.11 Å². The van der Waals surface area contributed by atoms with E-state index in [1.54, 1.807) is 0 Å². The third-order valence-corrected chi connectivity index (χ3v) is 4.84. The highest BCUT2D eigenvalue weighted by Crippen LogP contribution is 2.38. The van der Waals surface area contributed by atoms with E-state index in [0.717, 1.165) is 25.5 Å². The Morgan fingerprint density at radius 2 is 2.04 bits per heavy atom. The molecule has 1 aliphatic rings. The van der Waals surface area contributed by atoms with Crippen molar-refractivity contribution in [1.82, 2.24) is 15.2 Å². The molecule has 1 aliphatic carbocycles. The van der Waals surface area contributed by atoms with E-state index in [4.69, 9.17) is 4.99 Å². The van der Waals surface area contributed by atoms with Gasteiger partial charge < -0.3 is 20.3 Å². The van der Waals surface area contributed by atoms with Gasteiger partial charge in [0.05, 0.1) is 6.54 Å². The largest absolute Gasteiger partial charge is 0.396 e. The van der Waals surface area contributed by atoms with E-state index < -0.39 is 0 Å². The van der Waals surface area contributed by atoms with Crippen molar-refractivity contribution >= 4 is 29.9 Å². The Bertz CT molecular complexity index is 489. The fraction of sp³-hybridized carbons (Fsp3) is 0.722. The lowest BCUT2D eigenvalue weighted by molar-refractivity contribution is 0.131. The van der Waals surface area contributed by atoms with Crippen LogP contribution in [0.5, 0.6) is 0 Å². The molecule has 0 saturated heterocycles. The van der Waals surface area contributed by atoms with Crippen LogP contribution in [0.25, 0.3) is 0 Å². The summed E-state index contributed by atoms with van der Waals surface area (Å²) in [5.41, 5.74) is 1.45. The van der Waals surface area contributed by atoms with Gasteiger partial charge in [0.25, 0.3) is 0 Å². The molecule has 0 aromatic carbocycles. The number of aryl methyl sites for hydroxylation is 1. The number of guanidine groups is 1. The first kappa shape index (κ1) is 21.3. The molecule has 1 heterocycles. The molecule has 0 amide bonds. The lowest BCUT2D eigenvalue weighted by Crippen LogP contribution is -2.44. The highest BCUT2D eigenvalue weighted by molar-refractivity contribution is 14.0. The van der Waals surface area contributed by atoms with Gasteiger partial charge >= 0.3 is 0 Å². The number of hydrogen-bond donors (Lipinski definition) is 3. The van der Waals surface area contributed by atoms with Crippen molar-refractivity contribution in [2.24, 2.45) is 17.5 Å². The Morgan fingerprint density at radius 3 is 2.62 bits per heavy atom. The molecule has 0 unspecified atom stereocenters. The molecule has 138 valence electrons. The summed E-state index contributed by atoms with van der Waals surface area (Å²) in [4.78, 5) is 4.69. The molecule has 0 aliphatic heterocycles. The number of nitrogens with one attached hydrogen (secondary N) is 2. The number of nitrogens with zero attached hydrogens (tertiary/aromatic N) is 2. The third kappa shape index (κ3) is 6.63. The van der Waals surface area contributed by atoms with E-state index in [-0.39, 0.29) is 36.0 Å². The molecule has 1 fully saturated rings. The Kier molecular flexibility index (Phi) is 9.73. The van der Waals surface area contributed by atoms with Crippen molar-refractivity contribution in [3.8, 4) is 0 Å². The molecule has 2 rings (SSSR count). The van der Waals surface area contributed by atoms with Gasteiger partial charge in [0.15, 0.2) is 5.96 Å². The molecule has 1 aromatic rings. The molecular formula is C18H33IN4O. The molecule has 5 nitrogen and oxygen atoms in total. The first-order valence-electron chi connectivity index (χ1n) is 8.91. The molecule has 0 spiro atoms. The van der Waals surface area contributed by atoms with Gasteiger partial charge in [-0.3, -0.25) is 0 Å². The molecule has 6 heteroatoms. The molecule has 1 aromatic heterocycles. The Hall–Kier alpha value is -0.760. The Morgan fingerprint density at radius 1 is 1.29 bits per heavy atom. The minimum absolute atomic E-state index is 0. The minimum Gasteiger partial charge on any atom is -0.396 e. The number of aromatic nitrogens is 1. The maximum atomic E-state index is 9.43. The lowest BCUT2D eigenvalue weighted by Gasteiger charge is -2.37. The van der Waals surface area contributed by atoms with Crippen molar-refractivity contribution < 1.29 is 5.11 Å². The van der Waals surface area contributed by atoms with Crippen molar-refractivity contribution in [2.45, 2.75) is 52.0 Å². The second-order valence-corrected chi connectivity index (χ2v) is 6.77. The summed E-state index contributed by atoms with van der Waals surface area (Å²) in [7, 11) is 2.03. The summed E-state index contributed by atoms with van der Waals surface area (Å²) >= 11 is 0. The van der Waals surface area contributed by atoms with Gasteiger partial charge in [-0.05, 0) is 43.2 Å². The lowest BCUT2D eigenvalue weighted by atomic mass is 9.72. The maximum absolute atomic E-state index is 9.43. The molecule has 0 bridgehead atoms. The summed E-state index contributed by atoms with van der Waals surface area (Å²) < 4.78 is 2.05. The highest BCUT2D eigenvalue weighted by Gasteiger charge is 2.31. The fourth-order valence-corrected chi connectivity index (χ4v) is 3.49. The average Bonchev–Trinajstić information content (AvgIpc) is 2.97. The summed E-state index contributed by atoms with van der Waals surface area (Å²) in [5.74, 6) is 0.874. The fourth-order valence-electron chi connectivity index (χ4n) is 3.49. The van der Waals surface area contributed by atoms with Crippen LogP contribution in [0.4, 0.5) is 0 Å². The summed E-state index contributed by atoms with van der Waals surface area (Å²) in [6.45, 7) is 4.80. The predicted molar refractivity (Wildman–Crippen MR) is 111 cm³/mol. The van der Waals surface area contributed by atoms with Gasteiger partial charge in [-0.1, -0.05) is 19.3 Å². The number of hydrogen-bond acceptors (Lipinski definition) is 2. The number of aliphatic hydroxyl groups is 1. The topological polar surface area (TPSA) is 61.6 Å². The normalized spacial score (nSPS) is 17.2. The minimum atomic E-state index is 0. The van der Waals surface area contributed by atoms with Crippen molar-refractivity contribution in [3.05, 3.63) is 24.0 Å². The van der Waals surface area contributed by atoms with E-state index in [1.165, 1.54) is 37.7 Å². The maximum Gasteiger partial charge on any atom is 0.191 e. The molecule has 1 saturated carbocycles. The molecule has 3 N–H and O–H groups in total. The SMILES string of the molecule is CCNC(=NCc1ccn(C)c1)NCC1(CCO)CCCCC1.I. The predicted octanol–water partition coefficient (Wildman–Crippen LogP) is 3.03. The van der Waals surface area contributed by atoms with Crippen molar-refractivity contribution in [1.29, 1.82) is 0 Å². The quantitative estimate of drug-likeness (QED) is 0.342. The molecule has 24 heavy (non-hydrogen) atoms. The van der Waals surface area contributed by atoms with Crippen LogP contribution in [0.1, 0.15) is 51.0 Å². The second-order valence-electron chi connectivity index (χ2n) is 6.77. The number of halogens is 1. The zero-order chi connectivity index (χ0) is 16.5. The summed E-state index contributed by atoms with van der Waals surface area (Å²) in [6.07, 6.45) is 11.3. The van der Waals surface area contributed by atoms with Gasteiger partial charge in [-0.2, -0.15) is 0 Å². The van der Waals surface area contributed by atoms with Crippen LogP contribution in [0, 0.1) is 5.41 Å². The zero-order valence-electron chi connectivity index (χ0n) is 15.1. The van der Waals surface area contributed by atoms with Gasteiger partial charge in [-0.15, -0.1) is 24.0 Å². The van der Waals surface area contributed by atoms with Crippen LogP contribution in [-0.2, 0) is 13.6 Å². The van der Waals surface area contributed by atoms with Crippen LogP contribution in [0.2, 0.25) is 0 Å². The first-order valence-corrected chi connectivity index (χ1v) is 8.91. The highest BCUT2D eigenvalue weighted by atomic mass is 127. The van der Waals surface area contributed by atoms with Gasteiger partial charge in [0.2, 0.25) is 0 Å². The van der Waals surface area contributed by atoms with E-state index >= 15 is 0 Å². The van der Waals surface area contributed by atoms with Crippen LogP contribution in [0.3, 0.4) is 0 Å². The summed E-state index contributed by atoms with van der Waals surface area (Å²) in [6, 6.07) is 2.10. The standard InChI is InChI=1S/C18H32N4O.HI/c1-3-19-17(20-13-16-7-11-22(2)14-16)21-15-18(10-12-23)8-5-4-6-9-18;/h7,11,14,23H,3-6,8-10,12-13,15H2,1-2H3,(H2,19,20,21);1H.